The van der Waals surface area contributed by atoms with E-state index in [4.69, 9.17) is 14.2 Å². The van der Waals surface area contributed by atoms with Gasteiger partial charge in [0.25, 0.3) is 0 Å². The maximum atomic E-state index is 12.9. The fourth-order valence-electron chi connectivity index (χ4n) is 8.96. The molecule has 0 aliphatic heterocycles. The van der Waals surface area contributed by atoms with Gasteiger partial charge in [0.1, 0.15) is 13.2 Å². The van der Waals surface area contributed by atoms with Gasteiger partial charge in [0, 0.05) is 19.3 Å². The van der Waals surface area contributed by atoms with Crippen LogP contribution in [0.25, 0.3) is 0 Å². The Hall–Kier alpha value is -4.97. The number of esters is 3. The molecule has 0 aromatic carbocycles. The molecule has 0 heterocycles. The van der Waals surface area contributed by atoms with E-state index < -0.39 is 6.10 Å². The maximum absolute atomic E-state index is 12.9. The molecule has 0 N–H and O–H groups in total. The molecule has 0 fully saturated rings. The van der Waals surface area contributed by atoms with Crippen molar-refractivity contribution in [1.82, 2.24) is 0 Å². The smallest absolute Gasteiger partial charge is 0.306 e. The molecule has 83 heavy (non-hydrogen) atoms. The van der Waals surface area contributed by atoms with Gasteiger partial charge in [-0.3, -0.25) is 14.4 Å². The summed E-state index contributed by atoms with van der Waals surface area (Å²) in [5.41, 5.74) is 0. The van der Waals surface area contributed by atoms with Crippen LogP contribution in [0.3, 0.4) is 0 Å². The molecule has 468 valence electrons. The second-order valence-electron chi connectivity index (χ2n) is 22.0. The van der Waals surface area contributed by atoms with Crippen molar-refractivity contribution in [2.24, 2.45) is 0 Å². The summed E-state index contributed by atoms with van der Waals surface area (Å²) >= 11 is 0. The van der Waals surface area contributed by atoms with Crippen LogP contribution in [-0.4, -0.2) is 37.2 Å². The van der Waals surface area contributed by atoms with Gasteiger partial charge in [-0.25, -0.2) is 0 Å². The number of unbranched alkanes of at least 4 members (excludes halogenated alkanes) is 23. The maximum Gasteiger partial charge on any atom is 0.306 e. The van der Waals surface area contributed by atoms with Gasteiger partial charge in [-0.05, 0) is 141 Å². The molecule has 1 unspecified atom stereocenters. The lowest BCUT2D eigenvalue weighted by Crippen LogP contribution is -2.30. The number of ether oxygens (including phenoxy) is 3. The van der Waals surface area contributed by atoms with Crippen molar-refractivity contribution in [2.75, 3.05) is 13.2 Å². The van der Waals surface area contributed by atoms with Crippen molar-refractivity contribution in [3.05, 3.63) is 158 Å². The van der Waals surface area contributed by atoms with Crippen LogP contribution in [0.1, 0.15) is 290 Å². The molecular formula is C77H124O6. The van der Waals surface area contributed by atoms with Crippen LogP contribution < -0.4 is 0 Å². The molecule has 0 saturated heterocycles. The molecule has 1 atom stereocenters. The minimum atomic E-state index is -0.798. The highest BCUT2D eigenvalue weighted by atomic mass is 16.6. The van der Waals surface area contributed by atoms with Crippen molar-refractivity contribution < 1.29 is 28.6 Å². The Balaban J connectivity index is 4.31. The zero-order chi connectivity index (χ0) is 59.9. The van der Waals surface area contributed by atoms with E-state index in [2.05, 4.69) is 179 Å². The molecule has 0 rings (SSSR count). The Morgan fingerprint density at radius 3 is 0.747 bits per heavy atom. The number of hydrogen-bond donors (Lipinski definition) is 0. The molecule has 6 heteroatoms. The number of carbonyl (C=O) groups is 3. The molecule has 0 aliphatic rings. The predicted molar refractivity (Wildman–Crippen MR) is 362 cm³/mol. The van der Waals surface area contributed by atoms with E-state index in [-0.39, 0.29) is 31.1 Å². The van der Waals surface area contributed by atoms with Gasteiger partial charge in [0.05, 0.1) is 0 Å². The van der Waals surface area contributed by atoms with Gasteiger partial charge in [0.15, 0.2) is 6.10 Å². The topological polar surface area (TPSA) is 78.9 Å². The summed E-state index contributed by atoms with van der Waals surface area (Å²) in [5, 5.41) is 0. The molecule has 0 amide bonds. The molecule has 0 aliphatic carbocycles. The zero-order valence-corrected chi connectivity index (χ0v) is 53.7. The Morgan fingerprint density at radius 2 is 0.470 bits per heavy atom. The van der Waals surface area contributed by atoms with Gasteiger partial charge < -0.3 is 14.2 Å². The van der Waals surface area contributed by atoms with Crippen LogP contribution in [0.2, 0.25) is 0 Å². The largest absolute Gasteiger partial charge is 0.462 e. The lowest BCUT2D eigenvalue weighted by atomic mass is 10.1. The summed E-state index contributed by atoms with van der Waals surface area (Å²) in [7, 11) is 0. The molecule has 0 bridgehead atoms. The minimum Gasteiger partial charge on any atom is -0.462 e. The molecule has 0 aromatic heterocycles. The Bertz CT molecular complexity index is 1840. The van der Waals surface area contributed by atoms with Crippen molar-refractivity contribution in [3.63, 3.8) is 0 Å². The summed E-state index contributed by atoms with van der Waals surface area (Å²) in [6, 6.07) is 0. The summed E-state index contributed by atoms with van der Waals surface area (Å²) in [4.78, 5) is 38.3. The average molecular weight is 1150 g/mol. The van der Waals surface area contributed by atoms with Crippen LogP contribution in [0.5, 0.6) is 0 Å². The number of allylic oxidation sites excluding steroid dienone is 26. The molecule has 6 nitrogen and oxygen atoms in total. The number of hydrogen-bond acceptors (Lipinski definition) is 6. The van der Waals surface area contributed by atoms with Crippen molar-refractivity contribution in [3.8, 4) is 0 Å². The highest BCUT2D eigenvalue weighted by Gasteiger charge is 2.19. The monoisotopic (exact) mass is 1140 g/mol. The molecule has 0 spiro atoms. The van der Waals surface area contributed by atoms with E-state index >= 15 is 0 Å². The lowest BCUT2D eigenvalue weighted by Gasteiger charge is -2.18. The zero-order valence-electron chi connectivity index (χ0n) is 53.7. The van der Waals surface area contributed by atoms with Crippen LogP contribution in [-0.2, 0) is 28.6 Å². The highest BCUT2D eigenvalue weighted by molar-refractivity contribution is 5.71. The third kappa shape index (κ3) is 67.7. The highest BCUT2D eigenvalue weighted by Crippen LogP contribution is 2.15. The third-order valence-electron chi connectivity index (χ3n) is 14.0. The van der Waals surface area contributed by atoms with Gasteiger partial charge in [0.2, 0.25) is 0 Å². The van der Waals surface area contributed by atoms with Gasteiger partial charge >= 0.3 is 17.9 Å². The second kappa shape index (κ2) is 69.5. The Morgan fingerprint density at radius 1 is 0.253 bits per heavy atom. The summed E-state index contributed by atoms with van der Waals surface area (Å²) < 4.78 is 16.9. The predicted octanol–water partition coefficient (Wildman–Crippen LogP) is 23.7. The Labute approximate surface area is 511 Å². The normalized spacial score (nSPS) is 13.1. The fourth-order valence-corrected chi connectivity index (χ4v) is 8.96. The lowest BCUT2D eigenvalue weighted by molar-refractivity contribution is -0.167. The van der Waals surface area contributed by atoms with E-state index in [0.29, 0.717) is 19.3 Å². The first-order valence-electron chi connectivity index (χ1n) is 34.0. The first-order valence-corrected chi connectivity index (χ1v) is 34.0. The van der Waals surface area contributed by atoms with E-state index in [1.165, 1.54) is 83.5 Å². The second-order valence-corrected chi connectivity index (χ2v) is 22.0. The number of rotatable bonds is 60. The van der Waals surface area contributed by atoms with Gasteiger partial charge in [-0.15, -0.1) is 0 Å². The standard InChI is InChI=1S/C77H124O6/c1-4-7-10-13-16-19-22-24-26-28-30-32-34-35-36-37-38-39-40-41-43-44-46-48-50-52-55-58-61-64-67-70-76(79)82-73-74(72-81-75(78)69-66-63-60-57-54-21-18-15-12-9-6-3)83-77(80)71-68-65-62-59-56-53-51-49-47-45-42-33-31-29-27-25-23-20-17-14-11-8-5-2/h7-8,10-11,15-20,24-27,30-33,35-36,38-39,41,43,45,47,74H,4-6,9,12-14,21-23,28-29,34,37,40,42,44,46,48-73H2,1-3H3/b10-7-,11-8-,18-15-,19-16-,20-17-,26-24-,27-25-,32-30-,33-31-,36-35-,39-38-,43-41-,47-45-. The quantitative estimate of drug-likeness (QED) is 0.0261. The average Bonchev–Trinajstić information content (AvgIpc) is 3.48. The van der Waals surface area contributed by atoms with Crippen LogP contribution in [0.4, 0.5) is 0 Å². The first-order chi connectivity index (χ1) is 41.0. The van der Waals surface area contributed by atoms with Crippen LogP contribution in [0.15, 0.2) is 158 Å². The van der Waals surface area contributed by atoms with Crippen molar-refractivity contribution in [2.45, 2.75) is 297 Å². The summed E-state index contributed by atoms with van der Waals surface area (Å²) in [6.07, 6.45) is 101. The van der Waals surface area contributed by atoms with Gasteiger partial charge in [-0.2, -0.15) is 0 Å². The van der Waals surface area contributed by atoms with Crippen LogP contribution >= 0.6 is 0 Å². The van der Waals surface area contributed by atoms with E-state index in [1.807, 2.05) is 0 Å². The summed E-state index contributed by atoms with van der Waals surface area (Å²) in [6.45, 7) is 6.36. The molecule has 0 radical (unpaired) electrons. The van der Waals surface area contributed by atoms with Gasteiger partial charge in [-0.1, -0.05) is 288 Å². The van der Waals surface area contributed by atoms with E-state index in [1.54, 1.807) is 0 Å². The van der Waals surface area contributed by atoms with Crippen LogP contribution in [0, 0.1) is 0 Å². The fraction of sp³-hybridized carbons (Fsp3) is 0.623. The molecular weight excluding hydrogens is 1020 g/mol. The van der Waals surface area contributed by atoms with E-state index in [9.17, 15) is 14.4 Å². The molecule has 0 aromatic rings. The third-order valence-corrected chi connectivity index (χ3v) is 14.0. The SMILES string of the molecule is CC/C=C\C/C=C\C/C=C\C/C=C\C/C=C\C/C=C\C/C=C\CCCCCCCCCCCC(=O)OCC(COC(=O)CCCCCCC/C=C\CCCC)OC(=O)CCCCCCCCC/C=C\C/C=C\C/C=C\C/C=C\C/C=C\CC. The van der Waals surface area contributed by atoms with Crippen molar-refractivity contribution in [1.29, 1.82) is 0 Å². The summed E-state index contributed by atoms with van der Waals surface area (Å²) in [5.74, 6) is -0.920. The molecule has 0 saturated carbocycles. The Kier molecular flexibility index (Phi) is 65.4. The minimum absolute atomic E-state index is 0.0936. The van der Waals surface area contributed by atoms with Crippen molar-refractivity contribution >= 4 is 17.9 Å². The van der Waals surface area contributed by atoms with E-state index in [0.717, 1.165) is 167 Å². The number of carbonyl (C=O) groups excluding carboxylic acids is 3. The first kappa shape index (κ1) is 78.0.